The minimum Gasteiger partial charge on any atom is -0.359 e. The predicted molar refractivity (Wildman–Crippen MR) is 72.4 cm³/mol. The molecule has 0 spiro atoms. The number of nitriles is 1. The molecule has 17 heavy (non-hydrogen) atoms. The van der Waals surface area contributed by atoms with E-state index in [2.05, 4.69) is 21.4 Å². The van der Waals surface area contributed by atoms with Crippen molar-refractivity contribution in [1.29, 1.82) is 5.26 Å². The first-order valence-corrected chi connectivity index (χ1v) is 6.33. The summed E-state index contributed by atoms with van der Waals surface area (Å²) in [6.07, 6.45) is 3.76. The Morgan fingerprint density at radius 1 is 1.53 bits per heavy atom. The molecule has 1 aromatic heterocycles. The lowest BCUT2D eigenvalue weighted by Crippen LogP contribution is -2.12. The molecule has 0 aliphatic rings. The van der Waals surface area contributed by atoms with E-state index in [9.17, 15) is 0 Å². The molecule has 0 atom stereocenters. The van der Waals surface area contributed by atoms with Crippen LogP contribution >= 0.6 is 11.8 Å². The molecule has 0 aliphatic heterocycles. The van der Waals surface area contributed by atoms with E-state index in [-0.39, 0.29) is 0 Å². The quantitative estimate of drug-likeness (QED) is 0.351. The zero-order chi connectivity index (χ0) is 12.3. The predicted octanol–water partition coefficient (Wildman–Crippen LogP) is 2.90. The lowest BCUT2D eigenvalue weighted by Gasteiger charge is -2.00. The second-order valence-corrected chi connectivity index (χ2v) is 4.34. The van der Waals surface area contributed by atoms with Crippen LogP contribution in [0, 0.1) is 18.4 Å². The van der Waals surface area contributed by atoms with Crippen LogP contribution in [0.2, 0.25) is 0 Å². The van der Waals surface area contributed by atoms with Crippen LogP contribution in [-0.2, 0) is 0 Å². The second-order valence-electron chi connectivity index (χ2n) is 3.55. The molecular formula is C12H12N4S. The van der Waals surface area contributed by atoms with Crippen LogP contribution in [-0.4, -0.2) is 16.4 Å². The topological polar surface area (TPSA) is 64.0 Å². The largest absolute Gasteiger partial charge is 0.359 e. The van der Waals surface area contributed by atoms with Gasteiger partial charge in [-0.15, -0.1) is 0 Å². The number of rotatable bonds is 1. The van der Waals surface area contributed by atoms with E-state index in [1.54, 1.807) is 0 Å². The summed E-state index contributed by atoms with van der Waals surface area (Å²) in [4.78, 5) is 7.69. The second kappa shape index (κ2) is 4.93. The van der Waals surface area contributed by atoms with Crippen molar-refractivity contribution in [3.8, 4) is 6.19 Å². The highest BCUT2D eigenvalue weighted by molar-refractivity contribution is 8.13. The average Bonchev–Trinajstić information content (AvgIpc) is 2.70. The van der Waals surface area contributed by atoms with Crippen LogP contribution in [0.1, 0.15) is 5.69 Å². The minimum absolute atomic E-state index is 0.596. The first-order valence-electron chi connectivity index (χ1n) is 5.10. The zero-order valence-electron chi connectivity index (χ0n) is 9.61. The SMILES string of the molecule is CSC(=Nc1cccc2[nH]c(C)cc12)NC#N. The normalized spacial score (nSPS) is 11.5. The van der Waals surface area contributed by atoms with Crippen molar-refractivity contribution in [3.05, 3.63) is 30.0 Å². The van der Waals surface area contributed by atoms with Crippen LogP contribution < -0.4 is 5.32 Å². The maximum atomic E-state index is 8.60. The van der Waals surface area contributed by atoms with Gasteiger partial charge in [-0.2, -0.15) is 5.26 Å². The molecule has 86 valence electrons. The van der Waals surface area contributed by atoms with Crippen LogP contribution in [0.5, 0.6) is 0 Å². The number of aromatic nitrogens is 1. The summed E-state index contributed by atoms with van der Waals surface area (Å²) in [5.74, 6) is 0. The van der Waals surface area contributed by atoms with Crippen LogP contribution in [0.4, 0.5) is 5.69 Å². The van der Waals surface area contributed by atoms with Gasteiger partial charge in [0.15, 0.2) is 11.4 Å². The number of fused-ring (bicyclic) bond motifs is 1. The molecule has 0 aliphatic carbocycles. The summed E-state index contributed by atoms with van der Waals surface area (Å²) in [6.45, 7) is 2.01. The lowest BCUT2D eigenvalue weighted by atomic mass is 10.2. The Morgan fingerprint density at radius 3 is 3.06 bits per heavy atom. The van der Waals surface area contributed by atoms with Gasteiger partial charge in [0.05, 0.1) is 5.69 Å². The first-order chi connectivity index (χ1) is 8.24. The van der Waals surface area contributed by atoms with E-state index in [1.165, 1.54) is 11.8 Å². The lowest BCUT2D eigenvalue weighted by molar-refractivity contribution is 1.28. The number of hydrogen-bond donors (Lipinski definition) is 2. The fourth-order valence-electron chi connectivity index (χ4n) is 1.66. The van der Waals surface area contributed by atoms with Gasteiger partial charge in [0, 0.05) is 16.6 Å². The number of aryl methyl sites for hydroxylation is 1. The number of amidine groups is 1. The summed E-state index contributed by atoms with van der Waals surface area (Å²) in [5.41, 5.74) is 3.02. The van der Waals surface area contributed by atoms with E-state index in [4.69, 9.17) is 5.26 Å². The Bertz CT molecular complexity index is 606. The Kier molecular flexibility index (Phi) is 3.35. The molecule has 2 N–H and O–H groups in total. The van der Waals surface area contributed by atoms with E-state index in [0.29, 0.717) is 5.17 Å². The summed E-state index contributed by atoms with van der Waals surface area (Å²) < 4.78 is 0. The summed E-state index contributed by atoms with van der Waals surface area (Å²) in [5, 5.41) is 12.8. The molecule has 1 aromatic carbocycles. The number of nitrogens with one attached hydrogen (secondary N) is 2. The molecule has 2 aromatic rings. The number of H-pyrrole nitrogens is 1. The Morgan fingerprint density at radius 2 is 2.35 bits per heavy atom. The van der Waals surface area contributed by atoms with Gasteiger partial charge in [0.1, 0.15) is 0 Å². The van der Waals surface area contributed by atoms with Crippen molar-refractivity contribution in [3.63, 3.8) is 0 Å². The summed E-state index contributed by atoms with van der Waals surface area (Å²) in [7, 11) is 0. The first kappa shape index (κ1) is 11.6. The van der Waals surface area contributed by atoms with Gasteiger partial charge in [-0.05, 0) is 31.4 Å². The van der Waals surface area contributed by atoms with Gasteiger partial charge < -0.3 is 4.98 Å². The highest BCUT2D eigenvalue weighted by atomic mass is 32.2. The van der Waals surface area contributed by atoms with Gasteiger partial charge in [0.2, 0.25) is 0 Å². The number of thioether (sulfide) groups is 1. The number of nitrogens with zero attached hydrogens (tertiary/aromatic N) is 2. The molecular weight excluding hydrogens is 232 g/mol. The number of aliphatic imine (C=N–C) groups is 1. The van der Waals surface area contributed by atoms with Crippen molar-refractivity contribution in [2.24, 2.45) is 4.99 Å². The van der Waals surface area contributed by atoms with Gasteiger partial charge in [-0.1, -0.05) is 17.8 Å². The minimum atomic E-state index is 0.596. The summed E-state index contributed by atoms with van der Waals surface area (Å²) >= 11 is 1.41. The molecule has 0 unspecified atom stereocenters. The fraction of sp³-hybridized carbons (Fsp3) is 0.167. The van der Waals surface area contributed by atoms with Gasteiger partial charge >= 0.3 is 0 Å². The third-order valence-corrected chi connectivity index (χ3v) is 2.93. The highest BCUT2D eigenvalue weighted by Gasteiger charge is 2.04. The fourth-order valence-corrected chi connectivity index (χ4v) is 2.00. The number of benzene rings is 1. The van der Waals surface area contributed by atoms with Crippen LogP contribution in [0.25, 0.3) is 10.9 Å². The molecule has 0 saturated carbocycles. The van der Waals surface area contributed by atoms with Gasteiger partial charge in [-0.3, -0.25) is 5.32 Å². The van der Waals surface area contributed by atoms with Gasteiger partial charge in [-0.25, -0.2) is 4.99 Å². The maximum Gasteiger partial charge on any atom is 0.183 e. The molecule has 2 rings (SSSR count). The Balaban J connectivity index is 2.51. The molecule has 0 amide bonds. The van der Waals surface area contributed by atoms with Crippen molar-refractivity contribution in [1.82, 2.24) is 10.3 Å². The molecule has 0 fully saturated rings. The number of hydrogen-bond acceptors (Lipinski definition) is 3. The Labute approximate surface area is 104 Å². The molecule has 0 radical (unpaired) electrons. The van der Waals surface area contributed by atoms with E-state index < -0.39 is 0 Å². The Hall–Kier alpha value is -1.93. The standard InChI is InChI=1S/C12H12N4S/c1-8-6-9-10(15-8)4-3-5-11(9)16-12(17-2)14-7-13/h3-6,15H,1-2H3,(H,14,16). The summed E-state index contributed by atoms with van der Waals surface area (Å²) in [6, 6.07) is 7.95. The maximum absolute atomic E-state index is 8.60. The van der Waals surface area contributed by atoms with Crippen molar-refractivity contribution < 1.29 is 0 Å². The molecule has 1 heterocycles. The van der Waals surface area contributed by atoms with E-state index >= 15 is 0 Å². The highest BCUT2D eigenvalue weighted by Crippen LogP contribution is 2.27. The average molecular weight is 244 g/mol. The van der Waals surface area contributed by atoms with E-state index in [1.807, 2.05) is 37.6 Å². The van der Waals surface area contributed by atoms with Crippen LogP contribution in [0.15, 0.2) is 29.3 Å². The van der Waals surface area contributed by atoms with Crippen molar-refractivity contribution in [2.45, 2.75) is 6.92 Å². The van der Waals surface area contributed by atoms with Crippen molar-refractivity contribution >= 4 is 33.5 Å². The van der Waals surface area contributed by atoms with Crippen molar-refractivity contribution in [2.75, 3.05) is 6.26 Å². The van der Waals surface area contributed by atoms with Crippen LogP contribution in [0.3, 0.4) is 0 Å². The monoisotopic (exact) mass is 244 g/mol. The smallest absolute Gasteiger partial charge is 0.183 e. The van der Waals surface area contributed by atoms with Gasteiger partial charge in [0.25, 0.3) is 0 Å². The molecule has 0 bridgehead atoms. The molecule has 5 heteroatoms. The third-order valence-electron chi connectivity index (χ3n) is 2.35. The van der Waals surface area contributed by atoms with E-state index in [0.717, 1.165) is 22.3 Å². The molecule has 0 saturated heterocycles. The number of aromatic amines is 1. The molecule has 4 nitrogen and oxygen atoms in total. The zero-order valence-corrected chi connectivity index (χ0v) is 10.4. The third kappa shape index (κ3) is 2.43.